The predicted octanol–water partition coefficient (Wildman–Crippen LogP) is 2.72. The van der Waals surface area contributed by atoms with Gasteiger partial charge >= 0.3 is 0 Å². The topological polar surface area (TPSA) is 101 Å². The van der Waals surface area contributed by atoms with Gasteiger partial charge in [-0.2, -0.15) is 5.10 Å². The first-order chi connectivity index (χ1) is 9.22. The molecular weight excluding hydrogens is 323 g/mol. The number of rotatable bonds is 3. The highest BCUT2D eigenvalue weighted by Crippen LogP contribution is 2.33. The third kappa shape index (κ3) is 2.70. The molecule has 0 aliphatic carbocycles. The second-order valence-electron chi connectivity index (χ2n) is 4.22. The molecule has 0 fully saturated rings. The molecule has 0 amide bonds. The van der Waals surface area contributed by atoms with Gasteiger partial charge in [-0.1, -0.05) is 23.2 Å². The molecule has 2 rings (SSSR count). The third-order valence-electron chi connectivity index (χ3n) is 2.67. The minimum Gasteiger partial charge on any atom is -0.398 e. The smallest absolute Gasteiger partial charge is 0.265 e. The number of aryl methyl sites for hydroxylation is 2. The van der Waals surface area contributed by atoms with Crippen LogP contribution in [0.5, 0.6) is 0 Å². The van der Waals surface area contributed by atoms with Crippen LogP contribution in [-0.4, -0.2) is 18.6 Å². The summed E-state index contributed by atoms with van der Waals surface area (Å²) in [6, 6.07) is 2.65. The number of hydrogen-bond donors (Lipinski definition) is 3. The average molecular weight is 335 g/mol. The quantitative estimate of drug-likeness (QED) is 0.751. The molecule has 0 radical (unpaired) electrons. The fourth-order valence-corrected chi connectivity index (χ4v) is 3.92. The Morgan fingerprint density at radius 1 is 1.30 bits per heavy atom. The zero-order valence-electron chi connectivity index (χ0n) is 10.7. The highest BCUT2D eigenvalue weighted by molar-refractivity contribution is 7.93. The molecular formula is C11H12Cl2N4O2S. The highest BCUT2D eigenvalue weighted by atomic mass is 35.5. The summed E-state index contributed by atoms with van der Waals surface area (Å²) in [7, 11) is -3.93. The number of hydrogen-bond acceptors (Lipinski definition) is 4. The Balaban J connectivity index is 2.52. The van der Waals surface area contributed by atoms with Crippen molar-refractivity contribution in [2.24, 2.45) is 0 Å². The van der Waals surface area contributed by atoms with Crippen LogP contribution in [0.4, 0.5) is 11.4 Å². The number of nitrogen functional groups attached to an aromatic ring is 1. The fourth-order valence-electron chi connectivity index (χ4n) is 1.75. The lowest BCUT2D eigenvalue weighted by atomic mass is 10.3. The van der Waals surface area contributed by atoms with E-state index in [1.807, 2.05) is 0 Å². The van der Waals surface area contributed by atoms with E-state index in [4.69, 9.17) is 28.9 Å². The summed E-state index contributed by atoms with van der Waals surface area (Å²) < 4.78 is 27.2. The lowest BCUT2D eigenvalue weighted by Crippen LogP contribution is -2.16. The molecule has 20 heavy (non-hydrogen) atoms. The summed E-state index contributed by atoms with van der Waals surface area (Å²) in [6.07, 6.45) is 0. The Morgan fingerprint density at radius 3 is 2.45 bits per heavy atom. The summed E-state index contributed by atoms with van der Waals surface area (Å²) in [5.41, 5.74) is 7.17. The van der Waals surface area contributed by atoms with E-state index in [9.17, 15) is 8.42 Å². The van der Waals surface area contributed by atoms with Crippen LogP contribution < -0.4 is 10.5 Å². The number of H-pyrrole nitrogens is 1. The normalized spacial score (nSPS) is 11.6. The zero-order valence-corrected chi connectivity index (χ0v) is 13.0. The van der Waals surface area contributed by atoms with Crippen LogP contribution in [0.3, 0.4) is 0 Å². The van der Waals surface area contributed by atoms with Crippen LogP contribution in [0, 0.1) is 13.8 Å². The Bertz CT molecular complexity index is 728. The Morgan fingerprint density at radius 2 is 1.95 bits per heavy atom. The van der Waals surface area contributed by atoms with Gasteiger partial charge in [-0.25, -0.2) is 8.42 Å². The number of halogens is 2. The molecule has 0 aliphatic rings. The first-order valence-electron chi connectivity index (χ1n) is 5.51. The average Bonchev–Trinajstić information content (AvgIpc) is 2.58. The van der Waals surface area contributed by atoms with Gasteiger partial charge in [0.1, 0.15) is 4.90 Å². The first kappa shape index (κ1) is 15.0. The number of nitrogens with two attached hydrogens (primary N) is 1. The summed E-state index contributed by atoms with van der Waals surface area (Å²) >= 11 is 11.7. The fraction of sp³-hybridized carbons (Fsp3) is 0.182. The van der Waals surface area contributed by atoms with Crippen LogP contribution in [0.15, 0.2) is 17.0 Å². The molecule has 6 nitrogen and oxygen atoms in total. The van der Waals surface area contributed by atoms with Crippen molar-refractivity contribution in [1.82, 2.24) is 10.2 Å². The maximum absolute atomic E-state index is 12.4. The molecule has 9 heteroatoms. The number of nitrogens with zero attached hydrogens (tertiary/aromatic N) is 1. The van der Waals surface area contributed by atoms with Gasteiger partial charge < -0.3 is 5.73 Å². The van der Waals surface area contributed by atoms with Gasteiger partial charge in [0.05, 0.1) is 27.8 Å². The van der Waals surface area contributed by atoms with Crippen molar-refractivity contribution in [2.45, 2.75) is 18.7 Å². The molecule has 108 valence electrons. The van der Waals surface area contributed by atoms with E-state index in [0.29, 0.717) is 17.1 Å². The van der Waals surface area contributed by atoms with Crippen LogP contribution in [0.2, 0.25) is 10.0 Å². The lowest BCUT2D eigenvalue weighted by Gasteiger charge is -2.12. The van der Waals surface area contributed by atoms with Crippen molar-refractivity contribution >= 4 is 44.6 Å². The Labute approximate surface area is 126 Å². The van der Waals surface area contributed by atoms with Gasteiger partial charge in [0.15, 0.2) is 0 Å². The largest absolute Gasteiger partial charge is 0.398 e. The van der Waals surface area contributed by atoms with Crippen molar-refractivity contribution in [3.05, 3.63) is 33.6 Å². The second kappa shape index (κ2) is 5.16. The number of nitrogens with one attached hydrogen (secondary N) is 2. The van der Waals surface area contributed by atoms with E-state index >= 15 is 0 Å². The summed E-state index contributed by atoms with van der Waals surface area (Å²) in [5.74, 6) is 0. The molecule has 2 aromatic rings. The third-order valence-corrected chi connectivity index (χ3v) is 4.76. The molecule has 1 aromatic heterocycles. The molecule has 1 aromatic carbocycles. The molecule has 0 saturated carbocycles. The minimum absolute atomic E-state index is 0.0196. The number of anilines is 2. The summed E-state index contributed by atoms with van der Waals surface area (Å²) in [5, 5.41) is 6.83. The molecule has 0 spiro atoms. The SMILES string of the molecule is Cc1n[nH]c(C)c1NS(=O)(=O)c1c(N)cc(Cl)cc1Cl. The summed E-state index contributed by atoms with van der Waals surface area (Å²) in [4.78, 5) is -0.205. The highest BCUT2D eigenvalue weighted by Gasteiger charge is 2.24. The second-order valence-corrected chi connectivity index (χ2v) is 6.68. The number of benzene rings is 1. The monoisotopic (exact) mass is 334 g/mol. The Kier molecular flexibility index (Phi) is 3.86. The number of sulfonamides is 1. The first-order valence-corrected chi connectivity index (χ1v) is 7.75. The van der Waals surface area contributed by atoms with Crippen LogP contribution >= 0.6 is 23.2 Å². The van der Waals surface area contributed by atoms with Gasteiger partial charge in [-0.15, -0.1) is 0 Å². The molecule has 0 atom stereocenters. The molecule has 0 aliphatic heterocycles. The minimum atomic E-state index is -3.93. The van der Waals surface area contributed by atoms with E-state index in [1.165, 1.54) is 12.1 Å². The van der Waals surface area contributed by atoms with Crippen molar-refractivity contribution < 1.29 is 8.42 Å². The molecule has 0 saturated heterocycles. The van der Waals surface area contributed by atoms with Gasteiger partial charge in [-0.3, -0.25) is 9.82 Å². The van der Waals surface area contributed by atoms with E-state index in [1.54, 1.807) is 13.8 Å². The number of aromatic amines is 1. The predicted molar refractivity (Wildman–Crippen MR) is 79.7 cm³/mol. The molecule has 0 unspecified atom stereocenters. The maximum atomic E-state index is 12.4. The van der Waals surface area contributed by atoms with Crippen LogP contribution in [0.25, 0.3) is 0 Å². The van der Waals surface area contributed by atoms with Crippen LogP contribution in [-0.2, 0) is 10.0 Å². The van der Waals surface area contributed by atoms with Crippen molar-refractivity contribution in [3.8, 4) is 0 Å². The number of aromatic nitrogens is 2. The van der Waals surface area contributed by atoms with Gasteiger partial charge in [-0.05, 0) is 26.0 Å². The standard InChI is InChI=1S/C11H12Cl2N4O2S/c1-5-10(6(2)16-15-5)17-20(18,19)11-8(13)3-7(12)4-9(11)14/h3-4,17H,14H2,1-2H3,(H,15,16). The zero-order chi connectivity index (χ0) is 15.1. The maximum Gasteiger partial charge on any atom is 0.265 e. The van der Waals surface area contributed by atoms with Gasteiger partial charge in [0, 0.05) is 5.02 Å². The molecule has 4 N–H and O–H groups in total. The van der Waals surface area contributed by atoms with E-state index in [-0.39, 0.29) is 20.6 Å². The van der Waals surface area contributed by atoms with Gasteiger partial charge in [0.2, 0.25) is 0 Å². The van der Waals surface area contributed by atoms with Crippen molar-refractivity contribution in [2.75, 3.05) is 10.5 Å². The summed E-state index contributed by atoms with van der Waals surface area (Å²) in [6.45, 7) is 3.37. The van der Waals surface area contributed by atoms with Crippen LogP contribution in [0.1, 0.15) is 11.4 Å². The lowest BCUT2D eigenvalue weighted by molar-refractivity contribution is 0.601. The van der Waals surface area contributed by atoms with Gasteiger partial charge in [0.25, 0.3) is 10.0 Å². The van der Waals surface area contributed by atoms with E-state index < -0.39 is 10.0 Å². The van der Waals surface area contributed by atoms with E-state index in [2.05, 4.69) is 14.9 Å². The molecule has 0 bridgehead atoms. The van der Waals surface area contributed by atoms with Crippen molar-refractivity contribution in [3.63, 3.8) is 0 Å². The molecule has 1 heterocycles. The van der Waals surface area contributed by atoms with E-state index in [0.717, 1.165) is 0 Å². The van der Waals surface area contributed by atoms with Crippen molar-refractivity contribution in [1.29, 1.82) is 0 Å². The Hall–Kier alpha value is -1.44.